The third-order valence-corrected chi connectivity index (χ3v) is 3.47. The van der Waals surface area contributed by atoms with E-state index in [1.165, 1.54) is 40.9 Å². The van der Waals surface area contributed by atoms with Crippen molar-refractivity contribution in [2.45, 2.75) is 10.8 Å². The molecule has 0 spiro atoms. The van der Waals surface area contributed by atoms with Crippen molar-refractivity contribution in [3.8, 4) is 0 Å². The van der Waals surface area contributed by atoms with Crippen LogP contribution in [0.15, 0.2) is 29.6 Å². The number of rotatable bonds is 5. The van der Waals surface area contributed by atoms with Gasteiger partial charge in [0.25, 0.3) is 5.69 Å². The summed E-state index contributed by atoms with van der Waals surface area (Å²) in [4.78, 5) is 28.0. The SMILES string of the molecule is Cn1c([N+](=O)[O-])cnc1CSc1ccc([N+](=O)[O-])cn1. The van der Waals surface area contributed by atoms with Crippen molar-refractivity contribution in [2.75, 3.05) is 0 Å². The fourth-order valence-electron chi connectivity index (χ4n) is 1.45. The quantitative estimate of drug-likeness (QED) is 0.469. The molecule has 2 aromatic heterocycles. The molecule has 0 aliphatic carbocycles. The molecule has 0 saturated heterocycles. The molecule has 0 aromatic carbocycles. The highest BCUT2D eigenvalue weighted by molar-refractivity contribution is 7.98. The fraction of sp³-hybridized carbons (Fsp3) is 0.200. The van der Waals surface area contributed by atoms with Gasteiger partial charge in [0.1, 0.15) is 12.4 Å². The van der Waals surface area contributed by atoms with Gasteiger partial charge in [0.05, 0.1) is 22.7 Å². The molecule has 0 unspecified atom stereocenters. The lowest BCUT2D eigenvalue weighted by Crippen LogP contribution is -2.01. The van der Waals surface area contributed by atoms with Gasteiger partial charge in [-0.3, -0.25) is 10.1 Å². The molecule has 0 fully saturated rings. The van der Waals surface area contributed by atoms with Crippen LogP contribution in [0.3, 0.4) is 0 Å². The van der Waals surface area contributed by atoms with Crippen molar-refractivity contribution in [3.05, 3.63) is 50.6 Å². The van der Waals surface area contributed by atoms with E-state index < -0.39 is 9.85 Å². The minimum Gasteiger partial charge on any atom is -0.358 e. The van der Waals surface area contributed by atoms with E-state index in [2.05, 4.69) is 9.97 Å². The molecule has 0 aliphatic rings. The Balaban J connectivity index is 2.05. The third kappa shape index (κ3) is 2.91. The van der Waals surface area contributed by atoms with Crippen molar-refractivity contribution >= 4 is 23.3 Å². The first-order chi connectivity index (χ1) is 9.49. The maximum Gasteiger partial charge on any atom is 0.342 e. The average Bonchev–Trinajstić information content (AvgIpc) is 2.78. The largest absolute Gasteiger partial charge is 0.358 e. The lowest BCUT2D eigenvalue weighted by Gasteiger charge is -1.99. The molecule has 0 bridgehead atoms. The minimum atomic E-state index is -0.524. The predicted molar refractivity (Wildman–Crippen MR) is 70.3 cm³/mol. The second-order valence-corrected chi connectivity index (χ2v) is 4.74. The van der Waals surface area contributed by atoms with Gasteiger partial charge in [0.2, 0.25) is 5.82 Å². The first-order valence-electron chi connectivity index (χ1n) is 5.37. The van der Waals surface area contributed by atoms with Gasteiger partial charge in [0.15, 0.2) is 0 Å². The third-order valence-electron chi connectivity index (χ3n) is 2.53. The van der Waals surface area contributed by atoms with E-state index in [0.29, 0.717) is 16.6 Å². The smallest absolute Gasteiger partial charge is 0.342 e. The lowest BCUT2D eigenvalue weighted by atomic mass is 10.4. The molecule has 9 nitrogen and oxygen atoms in total. The van der Waals surface area contributed by atoms with E-state index in [9.17, 15) is 20.2 Å². The van der Waals surface area contributed by atoms with Crippen LogP contribution >= 0.6 is 11.8 Å². The summed E-state index contributed by atoms with van der Waals surface area (Å²) in [6.45, 7) is 0. The number of nitro groups is 2. The van der Waals surface area contributed by atoms with Gasteiger partial charge >= 0.3 is 5.82 Å². The van der Waals surface area contributed by atoms with Crippen LogP contribution in [0.1, 0.15) is 5.82 Å². The molecule has 10 heteroatoms. The van der Waals surface area contributed by atoms with Gasteiger partial charge in [-0.15, -0.1) is 0 Å². The Hall–Kier alpha value is -2.49. The normalized spacial score (nSPS) is 10.4. The van der Waals surface area contributed by atoms with Gasteiger partial charge in [-0.1, -0.05) is 11.8 Å². The Morgan fingerprint density at radius 1 is 1.20 bits per heavy atom. The summed E-state index contributed by atoms with van der Waals surface area (Å²) in [5.74, 6) is 0.828. The molecule has 0 N–H and O–H groups in total. The summed E-state index contributed by atoms with van der Waals surface area (Å²) in [7, 11) is 1.56. The van der Waals surface area contributed by atoms with Crippen molar-refractivity contribution in [1.82, 2.24) is 14.5 Å². The number of aromatic nitrogens is 3. The maximum absolute atomic E-state index is 10.7. The van der Waals surface area contributed by atoms with Gasteiger partial charge in [0, 0.05) is 6.07 Å². The average molecular weight is 295 g/mol. The van der Waals surface area contributed by atoms with Crippen molar-refractivity contribution in [2.24, 2.45) is 7.05 Å². The molecule has 2 heterocycles. The van der Waals surface area contributed by atoms with Gasteiger partial charge < -0.3 is 10.1 Å². The molecular formula is C10H9N5O4S. The van der Waals surface area contributed by atoms with E-state index in [4.69, 9.17) is 0 Å². The number of imidazole rings is 1. The van der Waals surface area contributed by atoms with Crippen molar-refractivity contribution in [1.29, 1.82) is 0 Å². The molecule has 0 amide bonds. The molecular weight excluding hydrogens is 286 g/mol. The molecule has 0 aliphatic heterocycles. The van der Waals surface area contributed by atoms with Gasteiger partial charge in [-0.25, -0.2) is 14.5 Å². The molecule has 0 radical (unpaired) electrons. The highest BCUT2D eigenvalue weighted by Gasteiger charge is 2.16. The highest BCUT2D eigenvalue weighted by atomic mass is 32.2. The number of pyridine rings is 1. The number of nitrogens with zero attached hydrogens (tertiary/aromatic N) is 5. The number of hydrogen-bond donors (Lipinski definition) is 0. The van der Waals surface area contributed by atoms with Crippen LogP contribution in [-0.4, -0.2) is 24.4 Å². The number of thioether (sulfide) groups is 1. The van der Waals surface area contributed by atoms with Crippen LogP contribution in [0.25, 0.3) is 0 Å². The van der Waals surface area contributed by atoms with Crippen LogP contribution in [-0.2, 0) is 12.8 Å². The molecule has 0 atom stereocenters. The van der Waals surface area contributed by atoms with Crippen LogP contribution < -0.4 is 0 Å². The fourth-order valence-corrected chi connectivity index (χ4v) is 2.28. The Kier molecular flexibility index (Phi) is 3.94. The van der Waals surface area contributed by atoms with E-state index >= 15 is 0 Å². The summed E-state index contributed by atoms with van der Waals surface area (Å²) < 4.78 is 1.39. The molecule has 0 saturated carbocycles. The van der Waals surface area contributed by atoms with Gasteiger partial charge in [-0.05, 0) is 11.0 Å². The molecule has 2 rings (SSSR count). The Labute approximate surface area is 117 Å². The maximum atomic E-state index is 10.7. The molecule has 2 aromatic rings. The summed E-state index contributed by atoms with van der Waals surface area (Å²) in [6.07, 6.45) is 2.36. The Bertz CT molecular complexity index is 654. The van der Waals surface area contributed by atoms with E-state index in [1.54, 1.807) is 7.05 Å². The first kappa shape index (κ1) is 13.9. The van der Waals surface area contributed by atoms with Crippen LogP contribution in [0.2, 0.25) is 0 Å². The topological polar surface area (TPSA) is 117 Å². The minimum absolute atomic E-state index is 0.0815. The Morgan fingerprint density at radius 3 is 2.45 bits per heavy atom. The predicted octanol–water partition coefficient (Wildman–Crippen LogP) is 1.92. The van der Waals surface area contributed by atoms with Crippen molar-refractivity contribution in [3.63, 3.8) is 0 Å². The summed E-state index contributed by atoms with van der Waals surface area (Å²) in [6, 6.07) is 2.89. The lowest BCUT2D eigenvalue weighted by molar-refractivity contribution is -0.391. The summed E-state index contributed by atoms with van der Waals surface area (Å²) in [5, 5.41) is 21.7. The zero-order valence-corrected chi connectivity index (χ0v) is 11.1. The van der Waals surface area contributed by atoms with Crippen LogP contribution in [0.4, 0.5) is 11.5 Å². The number of hydrogen-bond acceptors (Lipinski definition) is 7. The molecule has 104 valence electrons. The summed E-state index contributed by atoms with van der Waals surface area (Å²) >= 11 is 1.29. The molecule has 20 heavy (non-hydrogen) atoms. The monoisotopic (exact) mass is 295 g/mol. The second kappa shape index (κ2) is 5.65. The zero-order valence-electron chi connectivity index (χ0n) is 10.3. The standard InChI is InChI=1S/C10H9N5O4S/c1-13-8(11-5-10(13)15(18)19)6-20-9-3-2-7(4-12-9)14(16)17/h2-5H,6H2,1H3. The second-order valence-electron chi connectivity index (χ2n) is 3.75. The van der Waals surface area contributed by atoms with Gasteiger partial charge in [-0.2, -0.15) is 0 Å². The highest BCUT2D eigenvalue weighted by Crippen LogP contribution is 2.23. The first-order valence-corrected chi connectivity index (χ1v) is 6.36. The Morgan fingerprint density at radius 2 is 1.95 bits per heavy atom. The van der Waals surface area contributed by atoms with E-state index in [1.807, 2.05) is 0 Å². The summed E-state index contributed by atoms with van der Waals surface area (Å²) in [5.41, 5.74) is -0.0815. The zero-order chi connectivity index (χ0) is 14.7. The van der Waals surface area contributed by atoms with E-state index in [0.717, 1.165) is 0 Å². The van der Waals surface area contributed by atoms with Crippen LogP contribution in [0, 0.1) is 20.2 Å². The van der Waals surface area contributed by atoms with E-state index in [-0.39, 0.29) is 11.5 Å². The van der Waals surface area contributed by atoms with Crippen LogP contribution in [0.5, 0.6) is 0 Å². The van der Waals surface area contributed by atoms with Crippen molar-refractivity contribution < 1.29 is 9.85 Å².